The zero-order chi connectivity index (χ0) is 98.1. The summed E-state index contributed by atoms with van der Waals surface area (Å²) in [6, 6.07) is 171. The van der Waals surface area contributed by atoms with Crippen LogP contribution in [0.1, 0.15) is 75.3 Å². The van der Waals surface area contributed by atoms with Gasteiger partial charge < -0.3 is 0 Å². The van der Waals surface area contributed by atoms with Crippen LogP contribution in [0.25, 0.3) is 224 Å². The van der Waals surface area contributed by atoms with Crippen LogP contribution in [0, 0.1) is 0 Å². The minimum absolute atomic E-state index is 0.0675. The molecule has 0 fully saturated rings. The Bertz CT molecular complexity index is 9650. The van der Waals surface area contributed by atoms with Gasteiger partial charge >= 0.3 is 0 Å². The van der Waals surface area contributed by atoms with Crippen molar-refractivity contribution >= 4 is 87.9 Å². The first kappa shape index (κ1) is 86.1. The minimum Gasteiger partial charge on any atom is -0.298 e. The van der Waals surface area contributed by atoms with Gasteiger partial charge in [0.25, 0.3) is 0 Å². The zero-order valence-corrected chi connectivity index (χ0v) is 81.9. The predicted molar refractivity (Wildman–Crippen MR) is 603 cm³/mol. The van der Waals surface area contributed by atoms with Crippen LogP contribution in [0.2, 0.25) is 0 Å². The van der Waals surface area contributed by atoms with Gasteiger partial charge in [-0.05, 0) is 237 Å². The molecule has 3 aliphatic heterocycles. The van der Waals surface area contributed by atoms with Crippen molar-refractivity contribution in [2.45, 2.75) is 57.8 Å². The van der Waals surface area contributed by atoms with E-state index in [0.717, 1.165) is 140 Å². The second-order valence-electron chi connectivity index (χ2n) is 40.4. The molecule has 18 aromatic carbocycles. The van der Waals surface area contributed by atoms with Gasteiger partial charge in [-0.1, -0.05) is 345 Å². The topological polar surface area (TPSA) is 104 Å². The second-order valence-corrected chi connectivity index (χ2v) is 40.4. The summed E-state index contributed by atoms with van der Waals surface area (Å²) in [6.45, 7) is 14.0. The maximum absolute atomic E-state index is 5.53. The lowest BCUT2D eigenvalue weighted by Gasteiger charge is -2.18. The van der Waals surface area contributed by atoms with E-state index in [0.29, 0.717) is 17.6 Å². The largest absolute Gasteiger partial charge is 0.298 e. The SMILES string of the molecule is CC1(C)c2ccccc2-n2c1cc1c3ccccc3n(-c3ccc(-c4nc5ccccc5n4-c4ccccc4)cc3)c12.CC1(C)c2ccccc2-n2c1cc1c3ccccc3n(-c3ccc(-n4c(-c5ccccc5)nc5ccccc54)cc3)c12.CC1(C)c2ccccc2-n2c1cc1c3ccccc3n(-c3nc(-c4cc(-c5ccccc5)cc(-c5ccccc5)c4)nc(-c4cc(-c5ccccc5)cc(-c5ccccc5)c4)n3)c12. The third-order valence-electron chi connectivity index (χ3n) is 30.8. The standard InChI is InChI=1S/C58H41N5.2C38H28N4/c1-58(2)50-28-16-18-30-52(50)62-53(58)37-49-48-27-15-17-29-51(48)63(56(49)62)57-60-54(46-33-42(38-19-7-3-8-20-38)31-43(34-46)39-21-9-4-10-22-39)59-55(61-57)47-35-44(40-23-11-5-12-24-40)32-45(36-47)41-25-13-6-14-26-41;1-38(2)30-15-7-10-18-33(30)42-35(38)24-29-28-14-6-9-17-32(28)41(37(29)42)27-22-20-25(21-23-27)36-39-31-16-8-11-19-34(31)40(36)26-12-4-3-5-13-26;1-38(2)30-15-7-10-18-33(30)42-35(38)24-29-28-14-6-9-17-32(28)41(37(29)42)27-22-20-26(21-23-27)40-34-19-11-8-16-31(34)39-36(40)25-12-4-3-5-13-25/h3-37H,1-2H3;2*3-24H,1-2H3. The summed E-state index contributed by atoms with van der Waals surface area (Å²) in [5.74, 6) is 3.63. The van der Waals surface area contributed by atoms with E-state index in [9.17, 15) is 0 Å². The summed E-state index contributed by atoms with van der Waals surface area (Å²) in [6.07, 6.45) is 0. The van der Waals surface area contributed by atoms with Gasteiger partial charge in [-0.2, -0.15) is 9.97 Å². The molecule has 0 saturated carbocycles. The van der Waals surface area contributed by atoms with Crippen LogP contribution in [0.3, 0.4) is 0 Å². The first-order chi connectivity index (χ1) is 72.2. The second kappa shape index (κ2) is 33.7. The van der Waals surface area contributed by atoms with Crippen LogP contribution in [-0.2, 0) is 16.2 Å². The van der Waals surface area contributed by atoms with Gasteiger partial charge in [0.15, 0.2) is 11.6 Å². The fourth-order valence-corrected chi connectivity index (χ4v) is 23.7. The number of benzene rings is 18. The zero-order valence-electron chi connectivity index (χ0n) is 81.9. The minimum atomic E-state index is -0.200. The summed E-state index contributed by atoms with van der Waals surface area (Å²) >= 11 is 0. The van der Waals surface area contributed by atoms with Crippen molar-refractivity contribution in [1.82, 2.24) is 61.5 Å². The molecular formula is C134H97N13. The molecule has 0 aliphatic carbocycles. The highest BCUT2D eigenvalue weighted by molar-refractivity contribution is 6.13. The molecule has 0 radical (unpaired) electrons. The van der Waals surface area contributed by atoms with Crippen LogP contribution >= 0.6 is 0 Å². The molecule has 0 unspecified atom stereocenters. The average molecular weight is 1890 g/mol. The van der Waals surface area contributed by atoms with Crippen molar-refractivity contribution in [2.75, 3.05) is 0 Å². The highest BCUT2D eigenvalue weighted by atomic mass is 15.3. The smallest absolute Gasteiger partial charge is 0.239 e. The molecule has 0 N–H and O–H groups in total. The maximum atomic E-state index is 5.53. The van der Waals surface area contributed by atoms with Crippen molar-refractivity contribution in [1.29, 1.82) is 0 Å². The molecule has 0 bridgehead atoms. The Morgan fingerprint density at radius 1 is 0.170 bits per heavy atom. The molecule has 0 amide bonds. The van der Waals surface area contributed by atoms with Crippen molar-refractivity contribution in [2.24, 2.45) is 0 Å². The van der Waals surface area contributed by atoms with Crippen molar-refractivity contribution in [3.05, 3.63) is 513 Å². The Labute approximate surface area is 850 Å². The van der Waals surface area contributed by atoms with Gasteiger partial charge in [0.05, 0.1) is 55.7 Å². The van der Waals surface area contributed by atoms with E-state index in [1.54, 1.807) is 0 Å². The van der Waals surface area contributed by atoms with Crippen LogP contribution in [0.15, 0.2) is 479 Å². The Morgan fingerprint density at radius 2 is 0.429 bits per heavy atom. The molecule has 0 atom stereocenters. The third kappa shape index (κ3) is 13.7. The lowest BCUT2D eigenvalue weighted by Crippen LogP contribution is -2.15. The molecule has 12 heterocycles. The van der Waals surface area contributed by atoms with E-state index >= 15 is 0 Å². The lowest BCUT2D eigenvalue weighted by atomic mass is 9.83. The van der Waals surface area contributed by atoms with Gasteiger partial charge in [0, 0.05) is 111 Å². The Morgan fingerprint density at radius 3 is 0.789 bits per heavy atom. The maximum Gasteiger partial charge on any atom is 0.239 e. The van der Waals surface area contributed by atoms with Crippen molar-refractivity contribution in [3.8, 4) is 136 Å². The molecular weight excluding hydrogens is 1790 g/mol. The Balaban J connectivity index is 0.000000110. The molecule has 3 aliphatic rings. The summed E-state index contributed by atoms with van der Waals surface area (Å²) < 4.78 is 19.0. The average Bonchev–Trinajstić information content (AvgIpc) is 1.53. The molecule has 13 nitrogen and oxygen atoms in total. The number of aromatic nitrogens is 13. The molecule has 698 valence electrons. The van der Waals surface area contributed by atoms with E-state index < -0.39 is 0 Å². The van der Waals surface area contributed by atoms with Gasteiger partial charge in [0.1, 0.15) is 28.6 Å². The lowest BCUT2D eigenvalue weighted by molar-refractivity contribution is 0.644. The first-order valence-electron chi connectivity index (χ1n) is 50.5. The van der Waals surface area contributed by atoms with E-state index in [-0.39, 0.29) is 16.2 Å². The number of hydrogen-bond donors (Lipinski definition) is 0. The molecule has 0 saturated heterocycles. The molecule has 147 heavy (non-hydrogen) atoms. The highest BCUT2D eigenvalue weighted by Crippen LogP contribution is 2.54. The van der Waals surface area contributed by atoms with Crippen LogP contribution in [0.4, 0.5) is 0 Å². The first-order valence-corrected chi connectivity index (χ1v) is 50.5. The molecule has 0 spiro atoms. The third-order valence-corrected chi connectivity index (χ3v) is 30.8. The number of fused-ring (bicyclic) bond motifs is 23. The van der Waals surface area contributed by atoms with Crippen LogP contribution < -0.4 is 0 Å². The summed E-state index contributed by atoms with van der Waals surface area (Å²) in [7, 11) is 0. The summed E-state index contributed by atoms with van der Waals surface area (Å²) in [5.41, 5.74) is 39.7. The highest BCUT2D eigenvalue weighted by Gasteiger charge is 2.43. The van der Waals surface area contributed by atoms with E-state index in [4.69, 9.17) is 24.9 Å². The van der Waals surface area contributed by atoms with Crippen molar-refractivity contribution < 1.29 is 0 Å². The fraction of sp³-hybridized carbons (Fsp3) is 0.0672. The van der Waals surface area contributed by atoms with Gasteiger partial charge in [0.2, 0.25) is 5.95 Å². The normalized spacial score (nSPS) is 13.3. The van der Waals surface area contributed by atoms with Gasteiger partial charge in [-0.25, -0.2) is 15.0 Å². The predicted octanol–water partition coefficient (Wildman–Crippen LogP) is 32.8. The molecule has 9 aromatic heterocycles. The molecule has 27 aromatic rings. The van der Waals surface area contributed by atoms with E-state index in [2.05, 4.69) is 551 Å². The Kier molecular flexibility index (Phi) is 19.7. The number of para-hydroxylation sites is 11. The van der Waals surface area contributed by atoms with Gasteiger partial charge in [-0.15, -0.1) is 0 Å². The van der Waals surface area contributed by atoms with Crippen LogP contribution in [0.5, 0.6) is 0 Å². The molecule has 13 heteroatoms. The molecule has 30 rings (SSSR count). The van der Waals surface area contributed by atoms with Crippen LogP contribution in [-0.4, -0.2) is 61.5 Å². The summed E-state index contributed by atoms with van der Waals surface area (Å²) in [4.78, 5) is 26.6. The number of rotatable bonds is 13. The van der Waals surface area contributed by atoms with E-state index in [1.165, 1.54) is 100 Å². The monoisotopic (exact) mass is 1890 g/mol. The summed E-state index contributed by atoms with van der Waals surface area (Å²) in [5, 5.41) is 7.45. The number of hydrogen-bond acceptors (Lipinski definition) is 5. The van der Waals surface area contributed by atoms with Gasteiger partial charge in [-0.3, -0.25) is 36.5 Å². The number of imidazole rings is 2. The fourth-order valence-electron chi connectivity index (χ4n) is 23.7. The van der Waals surface area contributed by atoms with E-state index in [1.807, 2.05) is 6.07 Å². The Hall–Kier alpha value is -18.9. The number of nitrogens with zero attached hydrogens (tertiary/aromatic N) is 13. The van der Waals surface area contributed by atoms with Crippen molar-refractivity contribution in [3.63, 3.8) is 0 Å². The quantitative estimate of drug-likeness (QED) is 0.114.